The van der Waals surface area contributed by atoms with Gasteiger partial charge in [-0.3, -0.25) is 4.79 Å². The summed E-state index contributed by atoms with van der Waals surface area (Å²) in [5.74, 6) is -3.31. The van der Waals surface area contributed by atoms with Gasteiger partial charge in [0.15, 0.2) is 0 Å². The molecule has 1 amide bonds. The first-order chi connectivity index (χ1) is 6.57. The molecule has 0 aromatic heterocycles. The van der Waals surface area contributed by atoms with Crippen molar-refractivity contribution in [3.8, 4) is 0 Å². The monoisotopic (exact) mass is 204 g/mol. The minimum absolute atomic E-state index is 0.145. The molecule has 14 heavy (non-hydrogen) atoms. The average Bonchev–Trinajstić information content (AvgIpc) is 2.38. The van der Waals surface area contributed by atoms with Crippen LogP contribution in [0.5, 0.6) is 0 Å². The van der Waals surface area contributed by atoms with Crippen LogP contribution in [0.4, 0.5) is 8.78 Å². The third-order valence-electron chi connectivity index (χ3n) is 2.90. The van der Waals surface area contributed by atoms with Crippen molar-refractivity contribution in [3.05, 3.63) is 0 Å². The molecule has 0 aromatic rings. The van der Waals surface area contributed by atoms with E-state index in [-0.39, 0.29) is 24.8 Å². The number of hydrogen-bond acceptors (Lipinski definition) is 2. The van der Waals surface area contributed by atoms with Gasteiger partial charge in [0.1, 0.15) is 0 Å². The third-order valence-corrected chi connectivity index (χ3v) is 2.90. The van der Waals surface area contributed by atoms with Crippen LogP contribution in [0.3, 0.4) is 0 Å². The maximum Gasteiger partial charge on any atom is 0.248 e. The molecule has 2 N–H and O–H groups in total. The van der Waals surface area contributed by atoms with Crippen molar-refractivity contribution in [2.75, 3.05) is 13.1 Å². The molecule has 80 valence electrons. The number of nitrogens with one attached hydrogen (secondary N) is 2. The van der Waals surface area contributed by atoms with Gasteiger partial charge in [-0.1, -0.05) is 0 Å². The van der Waals surface area contributed by atoms with Gasteiger partial charge < -0.3 is 10.6 Å². The van der Waals surface area contributed by atoms with Gasteiger partial charge in [0.25, 0.3) is 0 Å². The smallest absolute Gasteiger partial charge is 0.248 e. The summed E-state index contributed by atoms with van der Waals surface area (Å²) in [5.41, 5.74) is 0. The van der Waals surface area contributed by atoms with Crippen molar-refractivity contribution in [1.29, 1.82) is 0 Å². The molecule has 1 aliphatic heterocycles. The molecule has 2 rings (SSSR count). The number of alkyl halides is 2. The minimum atomic E-state index is -2.63. The zero-order chi connectivity index (χ0) is 10.2. The molecule has 1 atom stereocenters. The highest BCUT2D eigenvalue weighted by molar-refractivity contribution is 5.79. The fourth-order valence-electron chi connectivity index (χ4n) is 1.88. The minimum Gasteiger partial charge on any atom is -0.351 e. The highest BCUT2D eigenvalue weighted by Gasteiger charge is 2.42. The lowest BCUT2D eigenvalue weighted by Gasteiger charge is -2.29. The fourth-order valence-corrected chi connectivity index (χ4v) is 1.88. The normalized spacial score (nSPS) is 31.1. The largest absolute Gasteiger partial charge is 0.351 e. The first-order valence-corrected chi connectivity index (χ1v) is 4.96. The van der Waals surface area contributed by atoms with E-state index in [9.17, 15) is 13.6 Å². The van der Waals surface area contributed by atoms with Crippen molar-refractivity contribution < 1.29 is 13.6 Å². The van der Waals surface area contributed by atoms with E-state index in [0.29, 0.717) is 6.42 Å². The Labute approximate surface area is 81.2 Å². The Balaban J connectivity index is 1.80. The first kappa shape index (κ1) is 9.83. The van der Waals surface area contributed by atoms with Crippen LogP contribution < -0.4 is 10.6 Å². The van der Waals surface area contributed by atoms with Gasteiger partial charge in [-0.25, -0.2) is 8.78 Å². The molecule has 5 heteroatoms. The SMILES string of the molecule is O=C(NC1CNC1)C1CCC(F)(F)C1. The van der Waals surface area contributed by atoms with Crippen LogP contribution in [0.15, 0.2) is 0 Å². The Morgan fingerprint density at radius 2 is 2.14 bits per heavy atom. The number of amides is 1. The van der Waals surface area contributed by atoms with Crippen LogP contribution in [0.25, 0.3) is 0 Å². The van der Waals surface area contributed by atoms with E-state index in [0.717, 1.165) is 13.1 Å². The van der Waals surface area contributed by atoms with E-state index < -0.39 is 11.8 Å². The van der Waals surface area contributed by atoms with E-state index in [2.05, 4.69) is 10.6 Å². The number of carbonyl (C=O) groups is 1. The molecule has 1 saturated heterocycles. The summed E-state index contributed by atoms with van der Waals surface area (Å²) < 4.78 is 25.6. The number of halogens is 2. The van der Waals surface area contributed by atoms with Crippen LogP contribution in [0, 0.1) is 5.92 Å². The van der Waals surface area contributed by atoms with Crippen LogP contribution in [0.2, 0.25) is 0 Å². The van der Waals surface area contributed by atoms with Crippen LogP contribution in [-0.4, -0.2) is 31.0 Å². The molecule has 1 aliphatic carbocycles. The molecule has 1 saturated carbocycles. The number of hydrogen-bond donors (Lipinski definition) is 2. The van der Waals surface area contributed by atoms with E-state index in [1.807, 2.05) is 0 Å². The van der Waals surface area contributed by atoms with Gasteiger partial charge in [-0.2, -0.15) is 0 Å². The Morgan fingerprint density at radius 1 is 1.43 bits per heavy atom. The Kier molecular flexibility index (Phi) is 2.43. The summed E-state index contributed by atoms with van der Waals surface area (Å²) >= 11 is 0. The Hall–Kier alpha value is -0.710. The summed E-state index contributed by atoms with van der Waals surface area (Å²) in [6.07, 6.45) is -0.105. The molecule has 0 radical (unpaired) electrons. The fraction of sp³-hybridized carbons (Fsp3) is 0.889. The van der Waals surface area contributed by atoms with Crippen LogP contribution in [0.1, 0.15) is 19.3 Å². The highest BCUT2D eigenvalue weighted by atomic mass is 19.3. The molecule has 0 aromatic carbocycles. The van der Waals surface area contributed by atoms with Crippen molar-refractivity contribution in [2.24, 2.45) is 5.92 Å². The average molecular weight is 204 g/mol. The van der Waals surface area contributed by atoms with E-state index in [4.69, 9.17) is 0 Å². The van der Waals surface area contributed by atoms with Gasteiger partial charge in [0.2, 0.25) is 11.8 Å². The quantitative estimate of drug-likeness (QED) is 0.688. The molecular weight excluding hydrogens is 190 g/mol. The molecule has 3 nitrogen and oxygen atoms in total. The van der Waals surface area contributed by atoms with Gasteiger partial charge in [0.05, 0.1) is 6.04 Å². The molecule has 0 bridgehead atoms. The molecule has 0 spiro atoms. The standard InChI is InChI=1S/C9H14F2N2O/c10-9(11)2-1-6(3-9)8(14)13-7-4-12-5-7/h6-7,12H,1-5H2,(H,13,14). The van der Waals surface area contributed by atoms with Crippen molar-refractivity contribution in [1.82, 2.24) is 10.6 Å². The number of carbonyl (C=O) groups excluding carboxylic acids is 1. The van der Waals surface area contributed by atoms with Crippen LogP contribution >= 0.6 is 0 Å². The summed E-state index contributed by atoms with van der Waals surface area (Å²) in [6, 6.07) is 0.150. The second kappa shape index (κ2) is 3.46. The number of rotatable bonds is 2. The van der Waals surface area contributed by atoms with Gasteiger partial charge in [-0.05, 0) is 6.42 Å². The van der Waals surface area contributed by atoms with E-state index in [1.54, 1.807) is 0 Å². The van der Waals surface area contributed by atoms with Crippen molar-refractivity contribution in [3.63, 3.8) is 0 Å². The predicted octanol–water partition coefficient (Wildman–Crippen LogP) is 0.510. The lowest BCUT2D eigenvalue weighted by Crippen LogP contribution is -2.57. The summed E-state index contributed by atoms with van der Waals surface area (Å²) in [5, 5.41) is 5.77. The van der Waals surface area contributed by atoms with E-state index >= 15 is 0 Å². The maximum absolute atomic E-state index is 12.8. The van der Waals surface area contributed by atoms with Gasteiger partial charge >= 0.3 is 0 Å². The predicted molar refractivity (Wildman–Crippen MR) is 47.1 cm³/mol. The second-order valence-electron chi connectivity index (χ2n) is 4.16. The van der Waals surface area contributed by atoms with Gasteiger partial charge in [-0.15, -0.1) is 0 Å². The van der Waals surface area contributed by atoms with Crippen molar-refractivity contribution in [2.45, 2.75) is 31.2 Å². The molecule has 2 fully saturated rings. The molecular formula is C9H14F2N2O. The lowest BCUT2D eigenvalue weighted by molar-refractivity contribution is -0.126. The third kappa shape index (κ3) is 2.03. The zero-order valence-corrected chi connectivity index (χ0v) is 7.85. The summed E-state index contributed by atoms with van der Waals surface area (Å²) in [4.78, 5) is 11.5. The van der Waals surface area contributed by atoms with Crippen LogP contribution in [-0.2, 0) is 4.79 Å². The topological polar surface area (TPSA) is 41.1 Å². The summed E-state index contributed by atoms with van der Waals surface area (Å²) in [7, 11) is 0. The zero-order valence-electron chi connectivity index (χ0n) is 7.85. The molecule has 2 aliphatic rings. The van der Waals surface area contributed by atoms with Crippen molar-refractivity contribution >= 4 is 5.91 Å². The summed E-state index contributed by atoms with van der Waals surface area (Å²) in [6.45, 7) is 1.52. The molecule has 1 heterocycles. The van der Waals surface area contributed by atoms with E-state index in [1.165, 1.54) is 0 Å². The lowest BCUT2D eigenvalue weighted by atomic mass is 10.1. The highest BCUT2D eigenvalue weighted by Crippen LogP contribution is 2.38. The Morgan fingerprint density at radius 3 is 2.57 bits per heavy atom. The maximum atomic E-state index is 12.8. The Bertz CT molecular complexity index is 241. The first-order valence-electron chi connectivity index (χ1n) is 4.96. The van der Waals surface area contributed by atoms with Gasteiger partial charge in [0, 0.05) is 31.8 Å². The second-order valence-corrected chi connectivity index (χ2v) is 4.16. The molecule has 1 unspecified atom stereocenters.